The van der Waals surface area contributed by atoms with Crippen LogP contribution in [-0.2, 0) is 7.05 Å². The van der Waals surface area contributed by atoms with Gasteiger partial charge in [-0.05, 0) is 18.3 Å². The van der Waals surface area contributed by atoms with Crippen molar-refractivity contribution < 1.29 is 0 Å². The van der Waals surface area contributed by atoms with Crippen LogP contribution in [0.5, 0.6) is 0 Å². The normalized spacial score (nSPS) is 11.3. The number of hydrogen-bond acceptors (Lipinski definition) is 2. The second-order valence-corrected chi connectivity index (χ2v) is 4.10. The van der Waals surface area contributed by atoms with E-state index in [2.05, 4.69) is 9.97 Å². The lowest BCUT2D eigenvalue weighted by Crippen LogP contribution is -2.18. The highest BCUT2D eigenvalue weighted by atomic mass is 32.1. The molecule has 0 radical (unpaired) electrons. The molecule has 2 aromatic heterocycles. The van der Waals surface area contributed by atoms with Gasteiger partial charge in [0, 0.05) is 18.0 Å². The summed E-state index contributed by atoms with van der Waals surface area (Å²) in [6.07, 6.45) is 0. The fraction of sp³-hybridized carbons (Fsp3) is 0.0909. The number of nitrogens with one attached hydrogen (secondary N) is 2. The van der Waals surface area contributed by atoms with Crippen molar-refractivity contribution in [1.82, 2.24) is 14.5 Å². The first-order valence-corrected chi connectivity index (χ1v) is 5.29. The minimum atomic E-state index is -0.102. The molecule has 0 atom stereocenters. The van der Waals surface area contributed by atoms with Gasteiger partial charge in [0.2, 0.25) is 0 Å². The molecular weight excluding hydrogens is 222 g/mol. The summed E-state index contributed by atoms with van der Waals surface area (Å²) < 4.78 is 1.86. The lowest BCUT2D eigenvalue weighted by atomic mass is 10.2. The van der Waals surface area contributed by atoms with E-state index in [4.69, 9.17) is 12.2 Å². The Hall–Kier alpha value is -1.88. The molecule has 4 nitrogen and oxygen atoms in total. The molecule has 0 saturated heterocycles. The SMILES string of the molecule is Cn1c(=S)[nH]c2c([nH]c3ccccc32)c1=O. The van der Waals surface area contributed by atoms with Gasteiger partial charge in [0.1, 0.15) is 5.52 Å². The molecule has 0 bridgehead atoms. The maximum absolute atomic E-state index is 12.0. The van der Waals surface area contributed by atoms with Gasteiger partial charge in [0.25, 0.3) is 5.56 Å². The monoisotopic (exact) mass is 231 g/mol. The zero-order valence-electron chi connectivity index (χ0n) is 8.57. The van der Waals surface area contributed by atoms with Gasteiger partial charge in [-0.2, -0.15) is 0 Å². The predicted octanol–water partition coefficient (Wildman–Crippen LogP) is 2.08. The largest absolute Gasteiger partial charge is 0.349 e. The molecule has 0 aliphatic rings. The van der Waals surface area contributed by atoms with Gasteiger partial charge in [0.15, 0.2) is 4.77 Å². The molecule has 0 unspecified atom stereocenters. The molecule has 2 N–H and O–H groups in total. The van der Waals surface area contributed by atoms with Crippen LogP contribution < -0.4 is 5.56 Å². The number of aromatic nitrogens is 3. The maximum atomic E-state index is 12.0. The Morgan fingerprint density at radius 1 is 1.19 bits per heavy atom. The highest BCUT2D eigenvalue weighted by molar-refractivity contribution is 7.71. The van der Waals surface area contributed by atoms with Crippen LogP contribution in [0.15, 0.2) is 29.1 Å². The molecule has 3 rings (SSSR count). The fourth-order valence-corrected chi connectivity index (χ4v) is 2.07. The quantitative estimate of drug-likeness (QED) is 0.582. The molecule has 3 aromatic rings. The minimum absolute atomic E-state index is 0.102. The van der Waals surface area contributed by atoms with Crippen molar-refractivity contribution >= 4 is 34.2 Å². The first kappa shape index (κ1) is 9.35. The van der Waals surface area contributed by atoms with Gasteiger partial charge in [0.05, 0.1) is 5.52 Å². The van der Waals surface area contributed by atoms with Crippen LogP contribution in [0.2, 0.25) is 0 Å². The highest BCUT2D eigenvalue weighted by Gasteiger charge is 2.08. The van der Waals surface area contributed by atoms with Crippen LogP contribution in [0.1, 0.15) is 0 Å². The average molecular weight is 231 g/mol. The lowest BCUT2D eigenvalue weighted by Gasteiger charge is -1.97. The number of nitrogens with zero attached hydrogens (tertiary/aromatic N) is 1. The van der Waals surface area contributed by atoms with Crippen molar-refractivity contribution in [2.24, 2.45) is 7.05 Å². The standard InChI is InChI=1S/C11H9N3OS/c1-14-10(15)9-8(13-11(14)16)6-4-2-3-5-7(6)12-9/h2-5,12H,1H3,(H,13,16). The Morgan fingerprint density at radius 3 is 2.75 bits per heavy atom. The van der Waals surface area contributed by atoms with Crippen LogP contribution in [0.25, 0.3) is 21.9 Å². The third kappa shape index (κ3) is 1.09. The number of rotatable bonds is 0. The van der Waals surface area contributed by atoms with Gasteiger partial charge >= 0.3 is 0 Å². The van der Waals surface area contributed by atoms with E-state index in [-0.39, 0.29) is 5.56 Å². The molecule has 0 spiro atoms. The molecule has 0 aliphatic heterocycles. The summed E-state index contributed by atoms with van der Waals surface area (Å²) in [5.41, 5.74) is 2.18. The molecule has 80 valence electrons. The Bertz CT molecular complexity index is 809. The molecule has 0 amide bonds. The van der Waals surface area contributed by atoms with E-state index in [1.165, 1.54) is 4.57 Å². The Kier molecular flexibility index (Phi) is 1.79. The van der Waals surface area contributed by atoms with Crippen LogP contribution in [-0.4, -0.2) is 14.5 Å². The summed E-state index contributed by atoms with van der Waals surface area (Å²) in [4.78, 5) is 18.1. The zero-order valence-corrected chi connectivity index (χ0v) is 9.39. The van der Waals surface area contributed by atoms with Crippen molar-refractivity contribution in [3.63, 3.8) is 0 Å². The van der Waals surface area contributed by atoms with E-state index in [9.17, 15) is 4.79 Å². The fourth-order valence-electron chi connectivity index (χ4n) is 1.88. The Balaban J connectivity index is 2.72. The maximum Gasteiger partial charge on any atom is 0.278 e. The van der Waals surface area contributed by atoms with E-state index in [1.807, 2.05) is 24.3 Å². The number of benzene rings is 1. The van der Waals surface area contributed by atoms with Gasteiger partial charge in [-0.3, -0.25) is 9.36 Å². The van der Waals surface area contributed by atoms with E-state index in [0.29, 0.717) is 10.3 Å². The van der Waals surface area contributed by atoms with Crippen molar-refractivity contribution in [3.8, 4) is 0 Å². The molecule has 16 heavy (non-hydrogen) atoms. The van der Waals surface area contributed by atoms with Crippen molar-refractivity contribution in [3.05, 3.63) is 39.4 Å². The number of para-hydroxylation sites is 1. The van der Waals surface area contributed by atoms with Crippen LogP contribution in [0, 0.1) is 4.77 Å². The minimum Gasteiger partial charge on any atom is -0.349 e. The van der Waals surface area contributed by atoms with Gasteiger partial charge < -0.3 is 9.97 Å². The topological polar surface area (TPSA) is 53.6 Å². The molecular formula is C11H9N3OS. The Labute approximate surface area is 95.5 Å². The summed E-state index contributed by atoms with van der Waals surface area (Å²) in [5.74, 6) is 0. The summed E-state index contributed by atoms with van der Waals surface area (Å²) >= 11 is 5.09. The second kappa shape index (κ2) is 3.05. The second-order valence-electron chi connectivity index (χ2n) is 3.71. The van der Waals surface area contributed by atoms with Gasteiger partial charge in [-0.25, -0.2) is 0 Å². The van der Waals surface area contributed by atoms with Crippen LogP contribution in [0.4, 0.5) is 0 Å². The molecule has 0 fully saturated rings. The average Bonchev–Trinajstić information content (AvgIpc) is 2.65. The molecule has 2 heterocycles. The first-order valence-electron chi connectivity index (χ1n) is 4.88. The lowest BCUT2D eigenvalue weighted by molar-refractivity contribution is 0.823. The van der Waals surface area contributed by atoms with Crippen LogP contribution in [0.3, 0.4) is 0 Å². The van der Waals surface area contributed by atoms with Crippen molar-refractivity contribution in [2.45, 2.75) is 0 Å². The van der Waals surface area contributed by atoms with E-state index in [0.717, 1.165) is 16.4 Å². The first-order chi connectivity index (χ1) is 7.68. The molecule has 0 aliphatic carbocycles. The van der Waals surface area contributed by atoms with Gasteiger partial charge in [-0.15, -0.1) is 0 Å². The molecule has 1 aromatic carbocycles. The number of fused-ring (bicyclic) bond motifs is 3. The summed E-state index contributed by atoms with van der Waals surface area (Å²) in [6, 6.07) is 7.76. The third-order valence-electron chi connectivity index (χ3n) is 2.76. The van der Waals surface area contributed by atoms with Gasteiger partial charge in [-0.1, -0.05) is 18.2 Å². The molecule has 0 saturated carbocycles. The van der Waals surface area contributed by atoms with E-state index >= 15 is 0 Å². The number of hydrogen-bond donors (Lipinski definition) is 2. The number of H-pyrrole nitrogens is 2. The highest BCUT2D eigenvalue weighted by Crippen LogP contribution is 2.20. The predicted molar refractivity (Wildman–Crippen MR) is 66.2 cm³/mol. The smallest absolute Gasteiger partial charge is 0.278 e. The number of aromatic amines is 2. The summed E-state index contributed by atoms with van der Waals surface area (Å²) in [7, 11) is 1.66. The van der Waals surface area contributed by atoms with Crippen molar-refractivity contribution in [2.75, 3.05) is 0 Å². The summed E-state index contributed by atoms with van der Waals surface area (Å²) in [5, 5.41) is 0.987. The third-order valence-corrected chi connectivity index (χ3v) is 3.14. The van der Waals surface area contributed by atoms with E-state index in [1.54, 1.807) is 7.05 Å². The zero-order chi connectivity index (χ0) is 11.3. The Morgan fingerprint density at radius 2 is 1.94 bits per heavy atom. The van der Waals surface area contributed by atoms with Crippen LogP contribution >= 0.6 is 12.2 Å². The molecule has 5 heteroatoms. The van der Waals surface area contributed by atoms with Crippen molar-refractivity contribution in [1.29, 1.82) is 0 Å². The summed E-state index contributed by atoms with van der Waals surface area (Å²) in [6.45, 7) is 0. The van der Waals surface area contributed by atoms with E-state index < -0.39 is 0 Å².